The molecule has 3 N–H and O–H groups in total. The molecule has 0 spiro atoms. The minimum absolute atomic E-state index is 0.224. The third-order valence-corrected chi connectivity index (χ3v) is 3.90. The van der Waals surface area contributed by atoms with Gasteiger partial charge in [-0.25, -0.2) is 9.38 Å². The predicted octanol–water partition coefficient (Wildman–Crippen LogP) is 2.92. The van der Waals surface area contributed by atoms with Gasteiger partial charge in [0.25, 0.3) is 0 Å². The molecule has 0 radical (unpaired) electrons. The Morgan fingerprint density at radius 3 is 2.95 bits per heavy atom. The lowest BCUT2D eigenvalue weighted by atomic mass is 9.76. The first-order chi connectivity index (χ1) is 9.10. The molecule has 1 fully saturated rings. The van der Waals surface area contributed by atoms with Crippen LogP contribution in [-0.4, -0.2) is 18.5 Å². The molecule has 0 saturated heterocycles. The molecule has 0 aromatic heterocycles. The molecule has 0 heterocycles. The summed E-state index contributed by atoms with van der Waals surface area (Å²) in [7, 11) is 0. The van der Waals surface area contributed by atoms with Crippen molar-refractivity contribution in [2.75, 3.05) is 6.54 Å². The van der Waals surface area contributed by atoms with Crippen LogP contribution in [0.15, 0.2) is 40.3 Å². The van der Waals surface area contributed by atoms with Crippen molar-refractivity contribution in [3.8, 4) is 0 Å². The van der Waals surface area contributed by atoms with Gasteiger partial charge in [0.1, 0.15) is 5.82 Å². The van der Waals surface area contributed by atoms with E-state index in [9.17, 15) is 4.39 Å². The number of rotatable bonds is 4. The Balaban J connectivity index is 1.85. The summed E-state index contributed by atoms with van der Waals surface area (Å²) in [4.78, 5) is 4.10. The van der Waals surface area contributed by atoms with Gasteiger partial charge in [-0.05, 0) is 52.4 Å². The molecule has 1 saturated carbocycles. The molecule has 3 nitrogen and oxygen atoms in total. The smallest absolute Gasteiger partial charge is 0.189 e. The van der Waals surface area contributed by atoms with E-state index in [0.29, 0.717) is 28.9 Å². The number of nitrogens with one attached hydrogen (secondary N) is 1. The highest BCUT2D eigenvalue weighted by Crippen LogP contribution is 2.37. The predicted molar refractivity (Wildman–Crippen MR) is 79.7 cm³/mol. The summed E-state index contributed by atoms with van der Waals surface area (Å²) in [5, 5.41) is 3.17. The van der Waals surface area contributed by atoms with Crippen molar-refractivity contribution in [3.05, 3.63) is 46.7 Å². The third-order valence-electron chi connectivity index (χ3n) is 3.30. The van der Waals surface area contributed by atoms with Gasteiger partial charge in [-0.1, -0.05) is 12.1 Å². The quantitative estimate of drug-likeness (QED) is 0.508. The van der Waals surface area contributed by atoms with Crippen molar-refractivity contribution >= 4 is 21.9 Å². The van der Waals surface area contributed by atoms with Crippen molar-refractivity contribution in [2.24, 2.45) is 10.7 Å². The lowest BCUT2D eigenvalue weighted by molar-refractivity contribution is 0.323. The number of benzene rings is 1. The topological polar surface area (TPSA) is 50.4 Å². The highest BCUT2D eigenvalue weighted by atomic mass is 79.9. The summed E-state index contributed by atoms with van der Waals surface area (Å²) in [6.07, 6.45) is 3.68. The Bertz CT molecular complexity index is 495. The van der Waals surface area contributed by atoms with Gasteiger partial charge in [-0.3, -0.25) is 0 Å². The molecule has 1 aromatic carbocycles. The van der Waals surface area contributed by atoms with Gasteiger partial charge in [0.2, 0.25) is 0 Å². The molecule has 0 atom stereocenters. The summed E-state index contributed by atoms with van der Waals surface area (Å²) in [6, 6.07) is 5.55. The molecule has 0 aliphatic heterocycles. The van der Waals surface area contributed by atoms with Gasteiger partial charge in [-0.2, -0.15) is 0 Å². The van der Waals surface area contributed by atoms with Gasteiger partial charge in [0.15, 0.2) is 5.96 Å². The van der Waals surface area contributed by atoms with Crippen molar-refractivity contribution < 1.29 is 4.39 Å². The van der Waals surface area contributed by atoms with Crippen LogP contribution in [0.5, 0.6) is 0 Å². The van der Waals surface area contributed by atoms with E-state index in [4.69, 9.17) is 5.73 Å². The number of nitrogens with two attached hydrogens (primary N) is 1. The SMILES string of the molecule is C=CCN=C(N)NC1CC(c2ccc(F)c(Br)c2)C1. The second-order valence-electron chi connectivity index (χ2n) is 4.70. The number of nitrogens with zero attached hydrogens (tertiary/aromatic N) is 1. The molecule has 0 amide bonds. The lowest BCUT2D eigenvalue weighted by Crippen LogP contribution is -2.46. The first-order valence-electron chi connectivity index (χ1n) is 6.22. The van der Waals surface area contributed by atoms with Gasteiger partial charge < -0.3 is 11.1 Å². The number of guanidine groups is 1. The third kappa shape index (κ3) is 3.56. The summed E-state index contributed by atoms with van der Waals surface area (Å²) < 4.78 is 13.7. The van der Waals surface area contributed by atoms with Crippen LogP contribution < -0.4 is 11.1 Å². The van der Waals surface area contributed by atoms with Crippen LogP contribution in [0.1, 0.15) is 24.3 Å². The molecule has 1 aliphatic rings. The monoisotopic (exact) mass is 325 g/mol. The van der Waals surface area contributed by atoms with Crippen LogP contribution in [0.3, 0.4) is 0 Å². The molecular weight excluding hydrogens is 309 g/mol. The van der Waals surface area contributed by atoms with E-state index >= 15 is 0 Å². The van der Waals surface area contributed by atoms with Crippen LogP contribution >= 0.6 is 15.9 Å². The Morgan fingerprint density at radius 1 is 1.58 bits per heavy atom. The molecule has 1 aliphatic carbocycles. The van der Waals surface area contributed by atoms with E-state index in [2.05, 4.69) is 32.8 Å². The zero-order valence-electron chi connectivity index (χ0n) is 10.6. The summed E-state index contributed by atoms with van der Waals surface area (Å²) in [6.45, 7) is 4.12. The van der Waals surface area contributed by atoms with E-state index in [1.54, 1.807) is 6.08 Å². The largest absolute Gasteiger partial charge is 0.370 e. The van der Waals surface area contributed by atoms with Gasteiger partial charge >= 0.3 is 0 Å². The Labute approximate surface area is 120 Å². The van der Waals surface area contributed by atoms with Crippen molar-refractivity contribution in [1.82, 2.24) is 5.32 Å². The first-order valence-corrected chi connectivity index (χ1v) is 7.01. The zero-order chi connectivity index (χ0) is 13.8. The van der Waals surface area contributed by atoms with E-state index in [1.807, 2.05) is 12.1 Å². The number of hydrogen-bond donors (Lipinski definition) is 2. The standard InChI is InChI=1S/C14H17BrFN3/c1-2-5-18-14(17)19-11-6-10(7-11)9-3-4-13(16)12(15)8-9/h2-4,8,10-11H,1,5-7H2,(H3,17,18,19). The number of halogens is 2. The Kier molecular flexibility index (Phi) is 4.58. The Hall–Kier alpha value is -1.36. The van der Waals surface area contributed by atoms with Crippen LogP contribution in [0, 0.1) is 5.82 Å². The maximum absolute atomic E-state index is 13.2. The summed E-state index contributed by atoms with van der Waals surface area (Å²) >= 11 is 3.21. The molecule has 1 aromatic rings. The van der Waals surface area contributed by atoms with Crippen LogP contribution in [-0.2, 0) is 0 Å². The molecule has 19 heavy (non-hydrogen) atoms. The van der Waals surface area contributed by atoms with E-state index < -0.39 is 0 Å². The molecule has 5 heteroatoms. The minimum atomic E-state index is -0.224. The number of aliphatic imine (C=N–C) groups is 1. The second-order valence-corrected chi connectivity index (χ2v) is 5.55. The van der Waals surface area contributed by atoms with Crippen LogP contribution in [0.4, 0.5) is 4.39 Å². The fourth-order valence-corrected chi connectivity index (χ4v) is 2.59. The molecular formula is C14H17BrFN3. The van der Waals surface area contributed by atoms with Gasteiger partial charge in [-0.15, -0.1) is 6.58 Å². The average molecular weight is 326 g/mol. The van der Waals surface area contributed by atoms with E-state index in [1.165, 1.54) is 6.07 Å². The molecule has 0 unspecified atom stereocenters. The zero-order valence-corrected chi connectivity index (χ0v) is 12.2. The maximum atomic E-state index is 13.2. The van der Waals surface area contributed by atoms with Crippen LogP contribution in [0.2, 0.25) is 0 Å². The summed E-state index contributed by atoms with van der Waals surface area (Å²) in [5.74, 6) is 0.698. The van der Waals surface area contributed by atoms with Crippen molar-refractivity contribution in [2.45, 2.75) is 24.8 Å². The van der Waals surface area contributed by atoms with E-state index in [0.717, 1.165) is 18.4 Å². The molecule has 0 bridgehead atoms. The lowest BCUT2D eigenvalue weighted by Gasteiger charge is -2.36. The second kappa shape index (κ2) is 6.19. The maximum Gasteiger partial charge on any atom is 0.189 e. The summed E-state index contributed by atoms with van der Waals surface area (Å²) in [5.41, 5.74) is 6.89. The van der Waals surface area contributed by atoms with Gasteiger partial charge in [0.05, 0.1) is 11.0 Å². The Morgan fingerprint density at radius 2 is 2.32 bits per heavy atom. The molecule has 2 rings (SSSR count). The highest BCUT2D eigenvalue weighted by molar-refractivity contribution is 9.10. The fraction of sp³-hybridized carbons (Fsp3) is 0.357. The minimum Gasteiger partial charge on any atom is -0.370 e. The fourth-order valence-electron chi connectivity index (χ4n) is 2.19. The van der Waals surface area contributed by atoms with Crippen LogP contribution in [0.25, 0.3) is 0 Å². The molecule has 102 valence electrons. The highest BCUT2D eigenvalue weighted by Gasteiger charge is 2.30. The average Bonchev–Trinajstić information content (AvgIpc) is 2.34. The first kappa shape index (κ1) is 14.1. The van der Waals surface area contributed by atoms with Crippen molar-refractivity contribution in [3.63, 3.8) is 0 Å². The normalized spacial score (nSPS) is 22.7. The van der Waals surface area contributed by atoms with Gasteiger partial charge in [0, 0.05) is 6.04 Å². The van der Waals surface area contributed by atoms with Crippen molar-refractivity contribution in [1.29, 1.82) is 0 Å². The number of hydrogen-bond acceptors (Lipinski definition) is 1. The van der Waals surface area contributed by atoms with E-state index in [-0.39, 0.29) is 5.82 Å².